The predicted octanol–water partition coefficient (Wildman–Crippen LogP) is 2.94. The summed E-state index contributed by atoms with van der Waals surface area (Å²) in [5.74, 6) is 2.42. The van der Waals surface area contributed by atoms with E-state index in [1.165, 1.54) is 0 Å². The number of aryl methyl sites for hydroxylation is 1. The highest BCUT2D eigenvalue weighted by atomic mass is 16.6. The quantitative estimate of drug-likeness (QED) is 0.589. The van der Waals surface area contributed by atoms with Gasteiger partial charge in [-0.1, -0.05) is 24.1 Å². The third kappa shape index (κ3) is 4.74. The van der Waals surface area contributed by atoms with Crippen molar-refractivity contribution in [3.05, 3.63) is 35.4 Å². The molecule has 1 aromatic rings. The van der Waals surface area contributed by atoms with Crippen LogP contribution in [0.5, 0.6) is 0 Å². The molecule has 0 bridgehead atoms. The fourth-order valence-electron chi connectivity index (χ4n) is 1.51. The first-order valence-corrected chi connectivity index (χ1v) is 5.69. The summed E-state index contributed by atoms with van der Waals surface area (Å²) < 4.78 is 5.24. The van der Waals surface area contributed by atoms with Crippen LogP contribution in [0.15, 0.2) is 24.3 Å². The average Bonchev–Trinajstić information content (AvgIpc) is 2.24. The Bertz CT molecular complexity index is 433. The maximum atomic E-state index is 11.6. The zero-order valence-corrected chi connectivity index (χ0v) is 10.6. The standard InChI is InChI=1S/C15H18O2/c1-5-12-8-6-7-9-13(12)10-11-14(16)17-15(2,3)4/h1,6-9H,10-11H2,2-4H3. The molecular formula is C15H18O2. The van der Waals surface area contributed by atoms with Crippen molar-refractivity contribution in [2.24, 2.45) is 0 Å². The molecule has 0 aliphatic rings. The van der Waals surface area contributed by atoms with Crippen molar-refractivity contribution in [3.63, 3.8) is 0 Å². The summed E-state index contributed by atoms with van der Waals surface area (Å²) in [6.45, 7) is 5.58. The molecule has 0 heterocycles. The van der Waals surface area contributed by atoms with Gasteiger partial charge in [-0.15, -0.1) is 6.42 Å². The second-order valence-electron chi connectivity index (χ2n) is 4.89. The molecule has 0 saturated carbocycles. The Kier molecular flexibility index (Phi) is 4.34. The lowest BCUT2D eigenvalue weighted by atomic mass is 10.0. The highest BCUT2D eigenvalue weighted by Gasteiger charge is 2.16. The maximum Gasteiger partial charge on any atom is 0.306 e. The van der Waals surface area contributed by atoms with Gasteiger partial charge >= 0.3 is 5.97 Å². The van der Waals surface area contributed by atoms with Gasteiger partial charge in [0.25, 0.3) is 0 Å². The van der Waals surface area contributed by atoms with E-state index in [1.54, 1.807) is 0 Å². The third-order valence-electron chi connectivity index (χ3n) is 2.19. The van der Waals surface area contributed by atoms with E-state index in [2.05, 4.69) is 5.92 Å². The van der Waals surface area contributed by atoms with Crippen molar-refractivity contribution in [2.45, 2.75) is 39.2 Å². The van der Waals surface area contributed by atoms with Crippen molar-refractivity contribution < 1.29 is 9.53 Å². The largest absolute Gasteiger partial charge is 0.460 e. The van der Waals surface area contributed by atoms with Gasteiger partial charge < -0.3 is 4.74 Å². The van der Waals surface area contributed by atoms with Crippen LogP contribution in [0, 0.1) is 12.3 Å². The number of rotatable bonds is 3. The second kappa shape index (κ2) is 5.54. The van der Waals surface area contributed by atoms with E-state index in [1.807, 2.05) is 45.0 Å². The number of carbonyl (C=O) groups is 1. The summed E-state index contributed by atoms with van der Waals surface area (Å²) in [6.07, 6.45) is 6.37. The van der Waals surface area contributed by atoms with Crippen LogP contribution in [0.1, 0.15) is 38.3 Å². The smallest absolute Gasteiger partial charge is 0.306 e. The van der Waals surface area contributed by atoms with Crippen LogP contribution < -0.4 is 0 Å². The first-order chi connectivity index (χ1) is 7.92. The molecule has 1 rings (SSSR count). The molecule has 1 aromatic carbocycles. The van der Waals surface area contributed by atoms with E-state index >= 15 is 0 Å². The van der Waals surface area contributed by atoms with Gasteiger partial charge in [-0.3, -0.25) is 4.79 Å². The van der Waals surface area contributed by atoms with Crippen LogP contribution in [-0.4, -0.2) is 11.6 Å². The number of esters is 1. The lowest BCUT2D eigenvalue weighted by Crippen LogP contribution is -2.24. The fraction of sp³-hybridized carbons (Fsp3) is 0.400. The summed E-state index contributed by atoms with van der Waals surface area (Å²) >= 11 is 0. The fourth-order valence-corrected chi connectivity index (χ4v) is 1.51. The third-order valence-corrected chi connectivity index (χ3v) is 2.19. The summed E-state index contributed by atoms with van der Waals surface area (Å²) in [4.78, 5) is 11.6. The zero-order chi connectivity index (χ0) is 12.9. The lowest BCUT2D eigenvalue weighted by Gasteiger charge is -2.19. The van der Waals surface area contributed by atoms with Gasteiger partial charge in [0.2, 0.25) is 0 Å². The highest BCUT2D eigenvalue weighted by Crippen LogP contribution is 2.13. The van der Waals surface area contributed by atoms with Crippen LogP contribution in [-0.2, 0) is 16.0 Å². The van der Waals surface area contributed by atoms with Gasteiger partial charge in [-0.05, 0) is 38.8 Å². The minimum absolute atomic E-state index is 0.190. The number of terminal acetylenes is 1. The number of benzene rings is 1. The molecule has 2 nitrogen and oxygen atoms in total. The molecule has 0 aliphatic carbocycles. The topological polar surface area (TPSA) is 26.3 Å². The van der Waals surface area contributed by atoms with E-state index in [4.69, 9.17) is 11.2 Å². The SMILES string of the molecule is C#Cc1ccccc1CCC(=O)OC(C)(C)C. The Morgan fingerprint density at radius 2 is 2.00 bits per heavy atom. The number of carbonyl (C=O) groups excluding carboxylic acids is 1. The zero-order valence-electron chi connectivity index (χ0n) is 10.6. The highest BCUT2D eigenvalue weighted by molar-refractivity contribution is 5.70. The van der Waals surface area contributed by atoms with Gasteiger partial charge in [-0.2, -0.15) is 0 Å². The van der Waals surface area contributed by atoms with Gasteiger partial charge in [-0.25, -0.2) is 0 Å². The second-order valence-corrected chi connectivity index (χ2v) is 4.89. The van der Waals surface area contributed by atoms with E-state index in [0.29, 0.717) is 12.8 Å². The molecule has 0 unspecified atom stereocenters. The van der Waals surface area contributed by atoms with E-state index in [0.717, 1.165) is 11.1 Å². The number of hydrogen-bond acceptors (Lipinski definition) is 2. The van der Waals surface area contributed by atoms with Crippen molar-refractivity contribution in [3.8, 4) is 12.3 Å². The van der Waals surface area contributed by atoms with Gasteiger partial charge in [0, 0.05) is 12.0 Å². The molecule has 90 valence electrons. The monoisotopic (exact) mass is 230 g/mol. The van der Waals surface area contributed by atoms with Crippen LogP contribution in [0.4, 0.5) is 0 Å². The molecule has 0 fully saturated rings. The van der Waals surface area contributed by atoms with E-state index < -0.39 is 5.60 Å². The molecule has 0 N–H and O–H groups in total. The van der Waals surface area contributed by atoms with Gasteiger partial charge in [0.1, 0.15) is 5.60 Å². The van der Waals surface area contributed by atoms with Crippen molar-refractivity contribution in [2.75, 3.05) is 0 Å². The summed E-state index contributed by atoms with van der Waals surface area (Å²) in [5.41, 5.74) is 1.43. The van der Waals surface area contributed by atoms with Crippen LogP contribution >= 0.6 is 0 Å². The Labute approximate surface area is 103 Å². The lowest BCUT2D eigenvalue weighted by molar-refractivity contribution is -0.154. The number of hydrogen-bond donors (Lipinski definition) is 0. The summed E-state index contributed by atoms with van der Waals surface area (Å²) in [7, 11) is 0. The van der Waals surface area contributed by atoms with Crippen LogP contribution in [0.25, 0.3) is 0 Å². The Morgan fingerprint density at radius 3 is 2.59 bits per heavy atom. The minimum Gasteiger partial charge on any atom is -0.460 e. The minimum atomic E-state index is -0.428. The van der Waals surface area contributed by atoms with Crippen LogP contribution in [0.3, 0.4) is 0 Å². The van der Waals surface area contributed by atoms with Crippen molar-refractivity contribution >= 4 is 5.97 Å². The van der Waals surface area contributed by atoms with Crippen molar-refractivity contribution in [1.29, 1.82) is 0 Å². The molecular weight excluding hydrogens is 212 g/mol. The van der Waals surface area contributed by atoms with Crippen molar-refractivity contribution in [1.82, 2.24) is 0 Å². The first-order valence-electron chi connectivity index (χ1n) is 5.69. The van der Waals surface area contributed by atoms with Gasteiger partial charge in [0.05, 0.1) is 0 Å². The van der Waals surface area contributed by atoms with Gasteiger partial charge in [0.15, 0.2) is 0 Å². The molecule has 2 heteroatoms. The number of ether oxygens (including phenoxy) is 1. The van der Waals surface area contributed by atoms with E-state index in [-0.39, 0.29) is 5.97 Å². The van der Waals surface area contributed by atoms with Crippen LogP contribution in [0.2, 0.25) is 0 Å². The Balaban J connectivity index is 2.57. The normalized spacial score (nSPS) is 10.7. The molecule has 0 radical (unpaired) electrons. The molecule has 17 heavy (non-hydrogen) atoms. The summed E-state index contributed by atoms with van der Waals surface area (Å²) in [5, 5.41) is 0. The molecule has 0 saturated heterocycles. The molecule has 0 atom stereocenters. The molecule has 0 aliphatic heterocycles. The molecule has 0 aromatic heterocycles. The average molecular weight is 230 g/mol. The predicted molar refractivity (Wildman–Crippen MR) is 68.5 cm³/mol. The summed E-state index contributed by atoms with van der Waals surface area (Å²) in [6, 6.07) is 7.64. The Morgan fingerprint density at radius 1 is 1.35 bits per heavy atom. The first kappa shape index (κ1) is 13.3. The van der Waals surface area contributed by atoms with E-state index in [9.17, 15) is 4.79 Å². The molecule has 0 amide bonds. The Hall–Kier alpha value is -1.75. The maximum absolute atomic E-state index is 11.6. The molecule has 0 spiro atoms.